The Morgan fingerprint density at radius 2 is 2.25 bits per heavy atom. The van der Waals surface area contributed by atoms with Crippen molar-refractivity contribution in [3.05, 3.63) is 46.7 Å². The standard InChI is InChI=1S/C14H14BrNO4/c15-12-6-5-10(20-12)13(17)16-8-14(18,9-3-4-9)11-2-1-7-19-11/h1-2,5-7,9,18H,3-4,8H2,(H,16,17). The van der Waals surface area contributed by atoms with E-state index in [4.69, 9.17) is 8.83 Å². The third-order valence-corrected chi connectivity index (χ3v) is 3.94. The van der Waals surface area contributed by atoms with Crippen LogP contribution in [0.5, 0.6) is 0 Å². The molecule has 0 bridgehead atoms. The topological polar surface area (TPSA) is 75.6 Å². The highest BCUT2D eigenvalue weighted by Gasteiger charge is 2.47. The van der Waals surface area contributed by atoms with Crippen LogP contribution in [0.3, 0.4) is 0 Å². The van der Waals surface area contributed by atoms with Gasteiger partial charge in [0, 0.05) is 0 Å². The highest BCUT2D eigenvalue weighted by molar-refractivity contribution is 9.10. The van der Waals surface area contributed by atoms with E-state index in [0.717, 1.165) is 12.8 Å². The molecule has 3 rings (SSSR count). The van der Waals surface area contributed by atoms with Crippen molar-refractivity contribution in [3.8, 4) is 0 Å². The van der Waals surface area contributed by atoms with Gasteiger partial charge in [-0.3, -0.25) is 4.79 Å². The highest BCUT2D eigenvalue weighted by Crippen LogP contribution is 2.45. The van der Waals surface area contributed by atoms with Gasteiger partial charge in [-0.2, -0.15) is 0 Å². The lowest BCUT2D eigenvalue weighted by Crippen LogP contribution is -2.42. The van der Waals surface area contributed by atoms with E-state index in [0.29, 0.717) is 10.4 Å². The second kappa shape index (κ2) is 5.10. The third-order valence-electron chi connectivity index (χ3n) is 3.52. The first-order chi connectivity index (χ1) is 9.59. The molecule has 106 valence electrons. The molecule has 5 nitrogen and oxygen atoms in total. The molecule has 1 unspecified atom stereocenters. The molecule has 2 aromatic heterocycles. The summed E-state index contributed by atoms with van der Waals surface area (Å²) in [6, 6.07) is 6.68. The molecule has 1 fully saturated rings. The van der Waals surface area contributed by atoms with Crippen molar-refractivity contribution in [1.82, 2.24) is 5.32 Å². The molecule has 1 amide bonds. The van der Waals surface area contributed by atoms with Crippen LogP contribution in [-0.2, 0) is 5.60 Å². The van der Waals surface area contributed by atoms with Crippen LogP contribution >= 0.6 is 15.9 Å². The Morgan fingerprint density at radius 1 is 1.45 bits per heavy atom. The van der Waals surface area contributed by atoms with Crippen molar-refractivity contribution >= 4 is 21.8 Å². The zero-order valence-corrected chi connectivity index (χ0v) is 12.2. The van der Waals surface area contributed by atoms with Gasteiger partial charge < -0.3 is 19.3 Å². The lowest BCUT2D eigenvalue weighted by molar-refractivity contribution is -0.00632. The molecule has 2 N–H and O–H groups in total. The minimum absolute atomic E-state index is 0.0995. The van der Waals surface area contributed by atoms with E-state index in [1.54, 1.807) is 24.3 Å². The second-order valence-corrected chi connectivity index (χ2v) is 5.74. The predicted octanol–water partition coefficient (Wildman–Crippen LogP) is 2.66. The average Bonchev–Trinajstić information content (AvgIpc) is 2.98. The van der Waals surface area contributed by atoms with Crippen LogP contribution in [-0.4, -0.2) is 17.6 Å². The molecule has 0 aliphatic heterocycles. The molecule has 1 aliphatic rings. The lowest BCUT2D eigenvalue weighted by Gasteiger charge is -2.26. The molecule has 1 aliphatic carbocycles. The zero-order chi connectivity index (χ0) is 14.2. The monoisotopic (exact) mass is 339 g/mol. The molecule has 20 heavy (non-hydrogen) atoms. The molecule has 2 aromatic rings. The summed E-state index contributed by atoms with van der Waals surface area (Å²) in [7, 11) is 0. The highest BCUT2D eigenvalue weighted by atomic mass is 79.9. The Kier molecular flexibility index (Phi) is 3.43. The summed E-state index contributed by atoms with van der Waals surface area (Å²) < 4.78 is 11.0. The average molecular weight is 340 g/mol. The van der Waals surface area contributed by atoms with Gasteiger partial charge in [0.2, 0.25) is 0 Å². The fourth-order valence-electron chi connectivity index (χ4n) is 2.26. The molecule has 1 saturated carbocycles. The minimum Gasteiger partial charge on any atom is -0.466 e. The maximum atomic E-state index is 11.9. The van der Waals surface area contributed by atoms with Gasteiger partial charge in [0.1, 0.15) is 11.4 Å². The van der Waals surface area contributed by atoms with Crippen molar-refractivity contribution in [2.24, 2.45) is 5.92 Å². The summed E-state index contributed by atoms with van der Waals surface area (Å²) in [5, 5.41) is 13.5. The Morgan fingerprint density at radius 3 is 2.80 bits per heavy atom. The van der Waals surface area contributed by atoms with Gasteiger partial charge in [-0.25, -0.2) is 0 Å². The van der Waals surface area contributed by atoms with Gasteiger partial charge in [0.25, 0.3) is 5.91 Å². The number of nitrogens with one attached hydrogen (secondary N) is 1. The molecule has 2 heterocycles. The summed E-state index contributed by atoms with van der Waals surface area (Å²) in [5.74, 6) is 0.453. The van der Waals surface area contributed by atoms with Crippen LogP contribution in [0.1, 0.15) is 29.2 Å². The molecular weight excluding hydrogens is 326 g/mol. The van der Waals surface area contributed by atoms with Crippen molar-refractivity contribution in [2.45, 2.75) is 18.4 Å². The summed E-state index contributed by atoms with van der Waals surface area (Å²) >= 11 is 3.14. The summed E-state index contributed by atoms with van der Waals surface area (Å²) in [6.45, 7) is 0.0995. The Bertz CT molecular complexity index is 602. The molecule has 6 heteroatoms. The van der Waals surface area contributed by atoms with E-state index in [2.05, 4.69) is 21.2 Å². The third kappa shape index (κ3) is 2.53. The number of rotatable bonds is 5. The van der Waals surface area contributed by atoms with Crippen LogP contribution in [0.25, 0.3) is 0 Å². The van der Waals surface area contributed by atoms with E-state index in [1.165, 1.54) is 6.26 Å². The zero-order valence-electron chi connectivity index (χ0n) is 10.6. The predicted molar refractivity (Wildman–Crippen MR) is 74.1 cm³/mol. The molecular formula is C14H14BrNO4. The first-order valence-corrected chi connectivity index (χ1v) is 7.19. The van der Waals surface area contributed by atoms with E-state index in [1.807, 2.05) is 0 Å². The van der Waals surface area contributed by atoms with Gasteiger partial charge in [-0.15, -0.1) is 0 Å². The second-order valence-electron chi connectivity index (χ2n) is 4.96. The van der Waals surface area contributed by atoms with E-state index in [-0.39, 0.29) is 24.1 Å². The smallest absolute Gasteiger partial charge is 0.287 e. The van der Waals surface area contributed by atoms with Gasteiger partial charge in [-0.05, 0) is 59.0 Å². The number of carbonyl (C=O) groups excluding carboxylic acids is 1. The number of hydrogen-bond acceptors (Lipinski definition) is 4. The Hall–Kier alpha value is -1.53. The van der Waals surface area contributed by atoms with Crippen LogP contribution in [0.4, 0.5) is 0 Å². The molecule has 0 aromatic carbocycles. The molecule has 0 saturated heterocycles. The summed E-state index contributed by atoms with van der Waals surface area (Å²) in [5.41, 5.74) is -1.15. The molecule has 1 atom stereocenters. The molecule has 0 radical (unpaired) electrons. The van der Waals surface area contributed by atoms with Gasteiger partial charge in [0.05, 0.1) is 12.8 Å². The Labute approximate surface area is 124 Å². The van der Waals surface area contributed by atoms with Crippen LogP contribution in [0.15, 0.2) is 44.0 Å². The largest absolute Gasteiger partial charge is 0.466 e. The maximum Gasteiger partial charge on any atom is 0.287 e. The fraction of sp³-hybridized carbons (Fsp3) is 0.357. The van der Waals surface area contributed by atoms with Crippen molar-refractivity contribution in [1.29, 1.82) is 0 Å². The quantitative estimate of drug-likeness (QED) is 0.877. The fourth-order valence-corrected chi connectivity index (χ4v) is 2.56. The number of halogens is 1. The normalized spacial score (nSPS) is 17.7. The number of carbonyl (C=O) groups is 1. The van der Waals surface area contributed by atoms with Gasteiger partial charge in [0.15, 0.2) is 10.4 Å². The summed E-state index contributed by atoms with van der Waals surface area (Å²) in [4.78, 5) is 11.9. The number of amides is 1. The number of furan rings is 2. The van der Waals surface area contributed by atoms with E-state index >= 15 is 0 Å². The summed E-state index contributed by atoms with van der Waals surface area (Å²) in [6.07, 6.45) is 3.38. The van der Waals surface area contributed by atoms with Crippen LogP contribution in [0.2, 0.25) is 0 Å². The maximum absolute atomic E-state index is 11.9. The Balaban J connectivity index is 1.70. The minimum atomic E-state index is -1.15. The van der Waals surface area contributed by atoms with Gasteiger partial charge >= 0.3 is 0 Å². The van der Waals surface area contributed by atoms with Crippen molar-refractivity contribution in [2.75, 3.05) is 6.54 Å². The van der Waals surface area contributed by atoms with Gasteiger partial charge in [-0.1, -0.05) is 0 Å². The first kappa shape index (κ1) is 13.5. The first-order valence-electron chi connectivity index (χ1n) is 6.39. The lowest BCUT2D eigenvalue weighted by atomic mass is 9.94. The van der Waals surface area contributed by atoms with Crippen LogP contribution in [0, 0.1) is 5.92 Å². The number of hydrogen-bond donors (Lipinski definition) is 2. The van der Waals surface area contributed by atoms with Crippen molar-refractivity contribution < 1.29 is 18.7 Å². The van der Waals surface area contributed by atoms with E-state index < -0.39 is 5.60 Å². The molecule has 0 spiro atoms. The van der Waals surface area contributed by atoms with Crippen molar-refractivity contribution in [3.63, 3.8) is 0 Å². The number of aliphatic hydroxyl groups is 1. The van der Waals surface area contributed by atoms with E-state index in [9.17, 15) is 9.90 Å². The SMILES string of the molecule is O=C(NCC(O)(c1ccco1)C1CC1)c1ccc(Br)o1. The van der Waals surface area contributed by atoms with Crippen LogP contribution < -0.4 is 5.32 Å².